The molecule has 1 aromatic rings. The second-order valence-electron chi connectivity index (χ2n) is 4.58. The molecule has 1 aromatic heterocycles. The number of halogens is 1. The van der Waals surface area contributed by atoms with Crippen LogP contribution in [0.5, 0.6) is 0 Å². The Bertz CT molecular complexity index is 508. The molecule has 1 aliphatic rings. The maximum atomic E-state index is 12.0. The largest absolute Gasteiger partial charge is 0.383 e. The lowest BCUT2D eigenvalue weighted by atomic mass is 10.2. The van der Waals surface area contributed by atoms with Gasteiger partial charge in [-0.05, 0) is 0 Å². The Balaban J connectivity index is 2.13. The third-order valence-electron chi connectivity index (χ3n) is 3.29. The molecule has 1 unspecified atom stereocenters. The number of anilines is 1. The lowest BCUT2D eigenvalue weighted by Crippen LogP contribution is -2.35. The second kappa shape index (κ2) is 7.03. The predicted octanol–water partition coefficient (Wildman–Crippen LogP) is -0.0582. The van der Waals surface area contributed by atoms with Gasteiger partial charge >= 0.3 is 0 Å². The first-order chi connectivity index (χ1) is 9.67. The number of nitrogens with zero attached hydrogens (tertiary/aromatic N) is 2. The highest BCUT2D eigenvalue weighted by molar-refractivity contribution is 6.32. The van der Waals surface area contributed by atoms with Crippen LogP contribution in [0.25, 0.3) is 0 Å². The monoisotopic (exact) mass is 302 g/mol. The summed E-state index contributed by atoms with van der Waals surface area (Å²) in [5.41, 5.74) is 0.203. The van der Waals surface area contributed by atoms with Gasteiger partial charge in [-0.15, -0.1) is 0 Å². The Morgan fingerprint density at radius 1 is 1.55 bits per heavy atom. The summed E-state index contributed by atoms with van der Waals surface area (Å²) in [7, 11) is 3.23. The summed E-state index contributed by atoms with van der Waals surface area (Å²) in [5.74, 6) is 0. The van der Waals surface area contributed by atoms with E-state index in [0.29, 0.717) is 18.8 Å². The van der Waals surface area contributed by atoms with E-state index in [-0.39, 0.29) is 22.7 Å². The highest BCUT2D eigenvalue weighted by Crippen LogP contribution is 2.19. The molecule has 2 rings (SSSR count). The number of methoxy groups -OCH3 is 2. The van der Waals surface area contributed by atoms with Gasteiger partial charge in [0.05, 0.1) is 37.2 Å². The van der Waals surface area contributed by atoms with E-state index in [0.717, 1.165) is 13.1 Å². The van der Waals surface area contributed by atoms with Crippen LogP contribution in [-0.2, 0) is 16.0 Å². The molecule has 20 heavy (non-hydrogen) atoms. The molecule has 0 radical (unpaired) electrons. The maximum absolute atomic E-state index is 12.0. The molecule has 112 valence electrons. The number of rotatable bonds is 6. The van der Waals surface area contributed by atoms with Crippen molar-refractivity contribution in [2.45, 2.75) is 18.7 Å². The number of hydrogen-bond acceptors (Lipinski definition) is 6. The second-order valence-corrected chi connectivity index (χ2v) is 4.95. The van der Waals surface area contributed by atoms with Gasteiger partial charge < -0.3 is 20.1 Å². The van der Waals surface area contributed by atoms with Crippen LogP contribution in [-0.4, -0.2) is 55.8 Å². The van der Waals surface area contributed by atoms with Gasteiger partial charge in [-0.1, -0.05) is 11.6 Å². The summed E-state index contributed by atoms with van der Waals surface area (Å²) in [5, 5.41) is 10.6. The quantitative estimate of drug-likeness (QED) is 0.767. The van der Waals surface area contributed by atoms with Crippen molar-refractivity contribution in [2.24, 2.45) is 0 Å². The van der Waals surface area contributed by atoms with Gasteiger partial charge in [0.25, 0.3) is 5.56 Å². The number of ether oxygens (including phenoxy) is 2. The Kier molecular flexibility index (Phi) is 5.36. The molecule has 0 aliphatic carbocycles. The Morgan fingerprint density at radius 3 is 3.05 bits per heavy atom. The van der Waals surface area contributed by atoms with E-state index >= 15 is 0 Å². The van der Waals surface area contributed by atoms with Crippen LogP contribution in [0, 0.1) is 0 Å². The summed E-state index contributed by atoms with van der Waals surface area (Å²) >= 11 is 6.11. The minimum Gasteiger partial charge on any atom is -0.383 e. The molecular weight excluding hydrogens is 284 g/mol. The molecular formula is C12H19ClN4O3. The minimum atomic E-state index is -0.325. The van der Waals surface area contributed by atoms with E-state index in [1.54, 1.807) is 20.4 Å². The smallest absolute Gasteiger partial charge is 0.287 e. The van der Waals surface area contributed by atoms with E-state index in [1.165, 1.54) is 4.68 Å². The summed E-state index contributed by atoms with van der Waals surface area (Å²) in [6, 6.07) is 0.0634. The van der Waals surface area contributed by atoms with Crippen molar-refractivity contribution >= 4 is 17.3 Å². The molecule has 0 bridgehead atoms. The zero-order chi connectivity index (χ0) is 14.5. The average molecular weight is 303 g/mol. The molecule has 8 heteroatoms. The minimum absolute atomic E-state index is 0.0435. The SMILES string of the molecule is COCCn1ncc(NC2CNC[C@@H]2OC)c(Cl)c1=O. The van der Waals surface area contributed by atoms with Crippen molar-refractivity contribution in [3.8, 4) is 0 Å². The molecule has 1 aliphatic heterocycles. The summed E-state index contributed by atoms with van der Waals surface area (Å²) < 4.78 is 11.6. The zero-order valence-electron chi connectivity index (χ0n) is 11.6. The average Bonchev–Trinajstić information content (AvgIpc) is 2.90. The third kappa shape index (κ3) is 3.29. The molecule has 2 N–H and O–H groups in total. The van der Waals surface area contributed by atoms with E-state index in [4.69, 9.17) is 21.1 Å². The first-order valence-corrected chi connectivity index (χ1v) is 6.79. The van der Waals surface area contributed by atoms with Crippen LogP contribution < -0.4 is 16.2 Å². The standard InChI is InChI=1S/C12H19ClN4O3/c1-19-4-3-17-12(18)11(13)9(6-15-17)16-8-5-14-7-10(8)20-2/h6,8,10,14,16H,3-5,7H2,1-2H3/t8?,10-/m0/s1. The topological polar surface area (TPSA) is 77.4 Å². The van der Waals surface area contributed by atoms with Crippen molar-refractivity contribution in [2.75, 3.05) is 39.2 Å². The maximum Gasteiger partial charge on any atom is 0.287 e. The van der Waals surface area contributed by atoms with Gasteiger partial charge in [0.2, 0.25) is 0 Å². The fraction of sp³-hybridized carbons (Fsp3) is 0.667. The molecule has 0 aromatic carbocycles. The molecule has 0 saturated carbocycles. The fourth-order valence-corrected chi connectivity index (χ4v) is 2.35. The van der Waals surface area contributed by atoms with E-state index in [1.807, 2.05) is 0 Å². The van der Waals surface area contributed by atoms with Crippen LogP contribution >= 0.6 is 11.6 Å². The summed E-state index contributed by atoms with van der Waals surface area (Å²) in [4.78, 5) is 12.0. The van der Waals surface area contributed by atoms with Crippen molar-refractivity contribution in [3.05, 3.63) is 21.6 Å². The molecule has 2 atom stereocenters. The molecule has 0 amide bonds. The molecule has 0 spiro atoms. The van der Waals surface area contributed by atoms with Gasteiger partial charge in [-0.3, -0.25) is 4.79 Å². The highest BCUT2D eigenvalue weighted by atomic mass is 35.5. The molecule has 1 fully saturated rings. The molecule has 7 nitrogen and oxygen atoms in total. The van der Waals surface area contributed by atoms with Crippen molar-refractivity contribution in [1.82, 2.24) is 15.1 Å². The van der Waals surface area contributed by atoms with Crippen molar-refractivity contribution in [1.29, 1.82) is 0 Å². The van der Waals surface area contributed by atoms with Crippen molar-refractivity contribution < 1.29 is 9.47 Å². The van der Waals surface area contributed by atoms with Gasteiger partial charge in [0.1, 0.15) is 5.02 Å². The zero-order valence-corrected chi connectivity index (χ0v) is 12.3. The van der Waals surface area contributed by atoms with Gasteiger partial charge in [0, 0.05) is 27.3 Å². The normalized spacial score (nSPS) is 22.1. The molecule has 2 heterocycles. The highest BCUT2D eigenvalue weighted by Gasteiger charge is 2.27. The van der Waals surface area contributed by atoms with Crippen LogP contribution in [0.15, 0.2) is 11.0 Å². The summed E-state index contributed by atoms with van der Waals surface area (Å²) in [6.45, 7) is 2.31. The number of aromatic nitrogens is 2. The summed E-state index contributed by atoms with van der Waals surface area (Å²) in [6.07, 6.45) is 1.60. The molecule has 1 saturated heterocycles. The number of nitrogens with one attached hydrogen (secondary N) is 2. The van der Waals surface area contributed by atoms with E-state index in [9.17, 15) is 4.79 Å². The van der Waals surface area contributed by atoms with E-state index in [2.05, 4.69) is 15.7 Å². The Hall–Kier alpha value is -1.15. The first kappa shape index (κ1) is 15.2. The van der Waals surface area contributed by atoms with Crippen LogP contribution in [0.3, 0.4) is 0 Å². The van der Waals surface area contributed by atoms with Gasteiger partial charge in [-0.2, -0.15) is 5.10 Å². The lowest BCUT2D eigenvalue weighted by molar-refractivity contribution is 0.111. The van der Waals surface area contributed by atoms with Gasteiger partial charge in [-0.25, -0.2) is 4.68 Å². The Labute approximate surface area is 122 Å². The fourth-order valence-electron chi connectivity index (χ4n) is 2.15. The van der Waals surface area contributed by atoms with Crippen molar-refractivity contribution in [3.63, 3.8) is 0 Å². The van der Waals surface area contributed by atoms with Gasteiger partial charge in [0.15, 0.2) is 0 Å². The van der Waals surface area contributed by atoms with Crippen LogP contribution in [0.4, 0.5) is 5.69 Å². The lowest BCUT2D eigenvalue weighted by Gasteiger charge is -2.20. The Morgan fingerprint density at radius 2 is 2.35 bits per heavy atom. The number of hydrogen-bond donors (Lipinski definition) is 2. The third-order valence-corrected chi connectivity index (χ3v) is 3.66. The van der Waals surface area contributed by atoms with Crippen LogP contribution in [0.2, 0.25) is 5.02 Å². The first-order valence-electron chi connectivity index (χ1n) is 6.42. The van der Waals surface area contributed by atoms with Crippen LogP contribution in [0.1, 0.15) is 0 Å². The predicted molar refractivity (Wildman–Crippen MR) is 76.5 cm³/mol. The van der Waals surface area contributed by atoms with E-state index < -0.39 is 0 Å².